The minimum atomic E-state index is 0.191. The van der Waals surface area contributed by atoms with Crippen LogP contribution in [0.5, 0.6) is 103 Å². The molecule has 0 spiro atoms. The third-order valence-corrected chi connectivity index (χ3v) is 16.4. The third-order valence-electron chi connectivity index (χ3n) is 16.2. The van der Waals surface area contributed by atoms with E-state index in [9.17, 15) is 25.5 Å². The predicted octanol–water partition coefficient (Wildman–Crippen LogP) is 20.0. The zero-order chi connectivity index (χ0) is 71.3. The molecular formula is C84H75ClN6O12. The number of aromatic hydroxyl groups is 5. The van der Waals surface area contributed by atoms with Crippen molar-refractivity contribution >= 4 is 45.7 Å². The molecule has 0 unspecified atom stereocenters. The summed E-state index contributed by atoms with van der Waals surface area (Å²) in [6.07, 6.45) is 3.35. The van der Waals surface area contributed by atoms with Gasteiger partial charge in [0, 0.05) is 40.0 Å². The number of halogens is 1. The number of hydrogen-bond acceptors (Lipinski definition) is 18. The zero-order valence-electron chi connectivity index (χ0n) is 56.1. The second-order valence-corrected chi connectivity index (χ2v) is 24.0. The van der Waals surface area contributed by atoms with Gasteiger partial charge in [-0.05, 0) is 291 Å². The summed E-state index contributed by atoms with van der Waals surface area (Å²) in [6, 6.07) is 88.8. The molecule has 103 heavy (non-hydrogen) atoms. The summed E-state index contributed by atoms with van der Waals surface area (Å²) >= 11 is 5.07. The smallest absolute Gasteiger partial charge is 0.127 e. The SMILES string of the molecule is C=CCCl.C=CCOc1ccc(Oc2ccc(N3CN(c4ccc(Oc5ccc(O)cc5)cc4)CN(c4ccc(Oc5ccc(O)cc5)cc4)C3)cc2)cc1.Oc1ccc(Oc2ccc(N3CN(c4ccc(Oc5ccc(O)cc5)cc4)CN(c4ccc(Oc5ccc(O)cc5)cc4)C3)cc2)cc1. The lowest BCUT2D eigenvalue weighted by atomic mass is 10.2. The largest absolute Gasteiger partial charge is 0.508 e. The van der Waals surface area contributed by atoms with Crippen LogP contribution in [0.15, 0.2) is 316 Å². The van der Waals surface area contributed by atoms with Gasteiger partial charge in [-0.2, -0.15) is 0 Å². The van der Waals surface area contributed by atoms with E-state index in [2.05, 4.69) is 79.0 Å². The summed E-state index contributed by atoms with van der Waals surface area (Å²) in [5.41, 5.74) is 6.21. The first kappa shape index (κ1) is 69.7. The maximum absolute atomic E-state index is 9.60. The summed E-state index contributed by atoms with van der Waals surface area (Å²) in [5.74, 6) is 10.5. The molecule has 0 aromatic heterocycles. The Hall–Kier alpha value is -13.2. The Balaban J connectivity index is 0.000000185. The molecule has 0 saturated carbocycles. The second-order valence-electron chi connectivity index (χ2n) is 23.6. The summed E-state index contributed by atoms with van der Waals surface area (Å²) in [4.78, 5) is 13.8. The number of anilines is 6. The van der Waals surface area contributed by atoms with Crippen LogP contribution in [-0.4, -0.2) is 78.0 Å². The van der Waals surface area contributed by atoms with Crippen LogP contribution in [0.3, 0.4) is 0 Å². The predicted molar refractivity (Wildman–Crippen MR) is 407 cm³/mol. The third kappa shape index (κ3) is 19.8. The van der Waals surface area contributed by atoms with Crippen LogP contribution in [0, 0.1) is 0 Å². The van der Waals surface area contributed by atoms with E-state index in [1.54, 1.807) is 133 Å². The van der Waals surface area contributed by atoms with Crippen molar-refractivity contribution in [1.29, 1.82) is 0 Å². The second kappa shape index (κ2) is 34.1. The van der Waals surface area contributed by atoms with Crippen LogP contribution in [0.2, 0.25) is 0 Å². The molecule has 2 aliphatic rings. The molecule has 19 heteroatoms. The summed E-state index contributed by atoms with van der Waals surface area (Å²) in [5, 5.41) is 47.9. The highest BCUT2D eigenvalue weighted by molar-refractivity contribution is 6.18. The van der Waals surface area contributed by atoms with E-state index in [1.807, 2.05) is 133 Å². The number of phenols is 5. The fourth-order valence-corrected chi connectivity index (χ4v) is 11.0. The van der Waals surface area contributed by atoms with E-state index in [0.29, 0.717) is 110 Å². The molecule has 0 bridgehead atoms. The normalized spacial score (nSPS) is 12.5. The van der Waals surface area contributed by atoms with E-state index in [1.165, 1.54) is 0 Å². The minimum Gasteiger partial charge on any atom is -0.508 e. The fraction of sp³-hybridized carbons (Fsp3) is 0.0952. The van der Waals surface area contributed by atoms with E-state index >= 15 is 0 Å². The Bertz CT molecular complexity index is 4290. The van der Waals surface area contributed by atoms with Crippen LogP contribution < -0.4 is 62.6 Å². The van der Waals surface area contributed by atoms with Crippen molar-refractivity contribution < 1.29 is 58.7 Å². The molecule has 5 N–H and O–H groups in total. The van der Waals surface area contributed by atoms with Crippen molar-refractivity contribution in [2.45, 2.75) is 0 Å². The van der Waals surface area contributed by atoms with Gasteiger partial charge in [0.25, 0.3) is 0 Å². The summed E-state index contributed by atoms with van der Waals surface area (Å²) in [6.45, 7) is 11.4. The number of rotatable bonds is 22. The van der Waals surface area contributed by atoms with Gasteiger partial charge in [-0.25, -0.2) is 0 Å². The topological polar surface area (TPSA) is 185 Å². The van der Waals surface area contributed by atoms with Crippen molar-refractivity contribution in [2.24, 2.45) is 0 Å². The van der Waals surface area contributed by atoms with Gasteiger partial charge >= 0.3 is 0 Å². The Labute approximate surface area is 603 Å². The zero-order valence-corrected chi connectivity index (χ0v) is 56.8. The van der Waals surface area contributed by atoms with E-state index < -0.39 is 0 Å². The molecule has 2 aliphatic heterocycles. The number of phenolic OH excluding ortho intramolecular Hbond substituents is 5. The van der Waals surface area contributed by atoms with Gasteiger partial charge in [0.05, 0.1) is 40.0 Å². The lowest BCUT2D eigenvalue weighted by Gasteiger charge is -2.45. The molecule has 12 aromatic carbocycles. The minimum absolute atomic E-state index is 0.191. The number of benzene rings is 12. The molecule has 0 radical (unpaired) electrons. The molecule has 0 amide bonds. The highest BCUT2D eigenvalue weighted by atomic mass is 35.5. The standard InChI is InChI=1S/C42H37N3O6.C39H33N3O6.C3H5Cl/c1-2-27-48-36-23-25-42(26-24-36)51-39-17-7-33(8-18-39)45-29-43(31-3-13-37(14-4-31)49-40-19-9-34(46)10-20-40)28-44(30-45)32-5-15-38(16-6-32)50-41-21-11-35(47)12-22-41;43-31-7-19-37(20-8-31)46-34-13-1-28(2-14-34)40-25-41(29-3-15-35(16-4-29)47-38-21-9-32(44)10-22-38)27-42(26-40)30-5-17-36(18-6-30)48-39-23-11-33(45)12-24-39;1-2-3-4/h2-26,46-47H,1,27-30H2;1-24,43-45H,25-27H2;2H,1,3H2. The Morgan fingerprint density at radius 2 is 0.369 bits per heavy atom. The molecule has 520 valence electrons. The van der Waals surface area contributed by atoms with E-state index in [4.69, 9.17) is 44.8 Å². The molecule has 2 fully saturated rings. The van der Waals surface area contributed by atoms with Gasteiger partial charge < -0.3 is 88.1 Å². The molecule has 14 rings (SSSR count). The summed E-state index contributed by atoms with van der Waals surface area (Å²) < 4.78 is 41.6. The maximum atomic E-state index is 9.60. The van der Waals surface area contributed by atoms with Gasteiger partial charge in [0.1, 0.15) is 110 Å². The first-order chi connectivity index (χ1) is 50.3. The Kier molecular flexibility index (Phi) is 23.0. The molecule has 2 heterocycles. The van der Waals surface area contributed by atoms with Gasteiger partial charge in [-0.1, -0.05) is 18.7 Å². The van der Waals surface area contributed by atoms with Crippen molar-refractivity contribution in [3.8, 4) is 103 Å². The van der Waals surface area contributed by atoms with Crippen LogP contribution in [0.25, 0.3) is 0 Å². The molecule has 0 aliphatic carbocycles. The lowest BCUT2D eigenvalue weighted by molar-refractivity contribution is 0.362. The molecule has 0 atom stereocenters. The maximum Gasteiger partial charge on any atom is 0.127 e. The van der Waals surface area contributed by atoms with Crippen molar-refractivity contribution in [3.63, 3.8) is 0 Å². The average Bonchev–Trinajstić information content (AvgIpc) is 0.803. The van der Waals surface area contributed by atoms with E-state index in [-0.39, 0.29) is 28.7 Å². The number of ether oxygens (including phenoxy) is 7. The van der Waals surface area contributed by atoms with Crippen LogP contribution >= 0.6 is 11.6 Å². The first-order valence-electron chi connectivity index (χ1n) is 33.0. The van der Waals surface area contributed by atoms with Crippen molar-refractivity contribution in [1.82, 2.24) is 0 Å². The van der Waals surface area contributed by atoms with Crippen LogP contribution in [0.4, 0.5) is 34.1 Å². The Morgan fingerprint density at radius 3 is 0.515 bits per heavy atom. The van der Waals surface area contributed by atoms with E-state index in [0.717, 1.165) is 51.4 Å². The molecule has 18 nitrogen and oxygen atoms in total. The van der Waals surface area contributed by atoms with Crippen molar-refractivity contribution in [3.05, 3.63) is 316 Å². The number of alkyl halides is 1. The molecule has 12 aromatic rings. The summed E-state index contributed by atoms with van der Waals surface area (Å²) in [7, 11) is 0. The van der Waals surface area contributed by atoms with Gasteiger partial charge in [-0.15, -0.1) is 18.2 Å². The quantitative estimate of drug-likeness (QED) is 0.0318. The van der Waals surface area contributed by atoms with Crippen LogP contribution in [-0.2, 0) is 0 Å². The average molecular weight is 1400 g/mol. The van der Waals surface area contributed by atoms with Crippen LogP contribution in [0.1, 0.15) is 0 Å². The number of nitrogens with zero attached hydrogens (tertiary/aromatic N) is 6. The fourth-order valence-electron chi connectivity index (χ4n) is 11.0. The highest BCUT2D eigenvalue weighted by Crippen LogP contribution is 2.37. The van der Waals surface area contributed by atoms with Gasteiger partial charge in [0.2, 0.25) is 0 Å². The lowest BCUT2D eigenvalue weighted by Crippen LogP contribution is -2.55. The molecule has 2 saturated heterocycles. The Morgan fingerprint density at radius 1 is 0.233 bits per heavy atom. The van der Waals surface area contributed by atoms with Gasteiger partial charge in [0.15, 0.2) is 0 Å². The first-order valence-corrected chi connectivity index (χ1v) is 33.5. The van der Waals surface area contributed by atoms with Gasteiger partial charge in [-0.3, -0.25) is 0 Å². The van der Waals surface area contributed by atoms with Crippen molar-refractivity contribution in [2.75, 3.05) is 81.9 Å². The number of allylic oxidation sites excluding steroid dienone is 1. The monoisotopic (exact) mass is 1390 g/mol. The number of hydrogen-bond donors (Lipinski definition) is 5. The molecular weight excluding hydrogens is 1320 g/mol. The highest BCUT2D eigenvalue weighted by Gasteiger charge is 2.27.